The molecule has 0 aromatic rings. The summed E-state index contributed by atoms with van der Waals surface area (Å²) in [6, 6.07) is 0. The van der Waals surface area contributed by atoms with E-state index in [1.54, 1.807) is 6.08 Å². The summed E-state index contributed by atoms with van der Waals surface area (Å²) < 4.78 is 18.0. The topological polar surface area (TPSA) is 9.23 Å². The second kappa shape index (κ2) is 3.56. The molecule has 1 aliphatic rings. The average Bonchev–Trinajstić information content (AvgIpc) is 1.95. The Balaban J connectivity index is 2.61. The first-order valence-electron chi connectivity index (χ1n) is 3.94. The highest BCUT2D eigenvalue weighted by Gasteiger charge is 2.12. The van der Waals surface area contributed by atoms with Gasteiger partial charge in [-0.2, -0.15) is 0 Å². The minimum atomic E-state index is -0.217. The van der Waals surface area contributed by atoms with Crippen molar-refractivity contribution in [3.05, 3.63) is 23.7 Å². The lowest BCUT2D eigenvalue weighted by Crippen LogP contribution is -2.01. The van der Waals surface area contributed by atoms with E-state index >= 15 is 0 Å². The van der Waals surface area contributed by atoms with Gasteiger partial charge in [-0.25, -0.2) is 4.39 Å². The SMILES string of the molecule is CCOC1=CCC(C)C=C1F. The Labute approximate surface area is 66.6 Å². The highest BCUT2D eigenvalue weighted by atomic mass is 19.1. The van der Waals surface area contributed by atoms with Crippen LogP contribution in [0.1, 0.15) is 20.3 Å². The van der Waals surface area contributed by atoms with Gasteiger partial charge in [0.1, 0.15) is 0 Å². The monoisotopic (exact) mass is 156 g/mol. The lowest BCUT2D eigenvalue weighted by Gasteiger charge is -2.13. The summed E-state index contributed by atoms with van der Waals surface area (Å²) in [5.41, 5.74) is 0. The van der Waals surface area contributed by atoms with Crippen LogP contribution < -0.4 is 0 Å². The van der Waals surface area contributed by atoms with Gasteiger partial charge in [0.05, 0.1) is 6.61 Å². The van der Waals surface area contributed by atoms with Crippen molar-refractivity contribution in [3.8, 4) is 0 Å². The molecule has 62 valence electrons. The zero-order valence-corrected chi connectivity index (χ0v) is 6.93. The van der Waals surface area contributed by atoms with Gasteiger partial charge in [-0.1, -0.05) is 6.92 Å². The number of allylic oxidation sites excluding steroid dienone is 3. The fraction of sp³-hybridized carbons (Fsp3) is 0.556. The van der Waals surface area contributed by atoms with E-state index in [9.17, 15) is 4.39 Å². The number of ether oxygens (including phenoxy) is 1. The second-order valence-electron chi connectivity index (χ2n) is 2.73. The zero-order valence-electron chi connectivity index (χ0n) is 6.93. The second-order valence-corrected chi connectivity index (χ2v) is 2.73. The van der Waals surface area contributed by atoms with Crippen LogP contribution >= 0.6 is 0 Å². The fourth-order valence-corrected chi connectivity index (χ4v) is 1.07. The van der Waals surface area contributed by atoms with E-state index in [4.69, 9.17) is 4.74 Å². The van der Waals surface area contributed by atoms with Crippen LogP contribution in [0.3, 0.4) is 0 Å². The molecule has 1 unspecified atom stereocenters. The molecule has 0 aromatic heterocycles. The Bertz CT molecular complexity index is 194. The number of rotatable bonds is 2. The molecule has 0 N–H and O–H groups in total. The maximum absolute atomic E-state index is 13.0. The number of halogens is 1. The first-order chi connectivity index (χ1) is 5.24. The van der Waals surface area contributed by atoms with Gasteiger partial charge in [0.2, 0.25) is 0 Å². The molecule has 0 spiro atoms. The first kappa shape index (κ1) is 8.31. The van der Waals surface area contributed by atoms with Gasteiger partial charge in [0.25, 0.3) is 0 Å². The average molecular weight is 156 g/mol. The quantitative estimate of drug-likeness (QED) is 0.597. The van der Waals surface area contributed by atoms with E-state index in [-0.39, 0.29) is 5.83 Å². The molecule has 1 aliphatic carbocycles. The summed E-state index contributed by atoms with van der Waals surface area (Å²) in [6.07, 6.45) is 4.29. The molecule has 0 heterocycles. The summed E-state index contributed by atoms with van der Waals surface area (Å²) in [4.78, 5) is 0. The highest BCUT2D eigenvalue weighted by Crippen LogP contribution is 2.23. The fourth-order valence-electron chi connectivity index (χ4n) is 1.07. The molecule has 1 rings (SSSR count). The lowest BCUT2D eigenvalue weighted by atomic mass is 10.0. The van der Waals surface area contributed by atoms with Gasteiger partial charge in [0.15, 0.2) is 11.6 Å². The van der Waals surface area contributed by atoms with Crippen LogP contribution in [0.15, 0.2) is 23.7 Å². The van der Waals surface area contributed by atoms with Gasteiger partial charge in [-0.3, -0.25) is 0 Å². The van der Waals surface area contributed by atoms with Crippen LogP contribution in [-0.4, -0.2) is 6.61 Å². The van der Waals surface area contributed by atoms with Crippen LogP contribution in [-0.2, 0) is 4.74 Å². The summed E-state index contributed by atoms with van der Waals surface area (Å²) in [5.74, 6) is 0.496. The number of hydrogen-bond donors (Lipinski definition) is 0. The van der Waals surface area contributed by atoms with Crippen molar-refractivity contribution >= 4 is 0 Å². The molecule has 0 fully saturated rings. The van der Waals surface area contributed by atoms with Gasteiger partial charge in [-0.05, 0) is 31.4 Å². The molecule has 1 atom stereocenters. The molecule has 2 heteroatoms. The van der Waals surface area contributed by atoms with E-state index in [0.717, 1.165) is 6.42 Å². The molecule has 0 aromatic carbocycles. The Morgan fingerprint density at radius 1 is 1.73 bits per heavy atom. The molecule has 0 aliphatic heterocycles. The summed E-state index contributed by atoms with van der Waals surface area (Å²) in [6.45, 7) is 4.37. The third-order valence-electron chi connectivity index (χ3n) is 1.64. The van der Waals surface area contributed by atoms with Crippen molar-refractivity contribution in [2.24, 2.45) is 5.92 Å². The van der Waals surface area contributed by atoms with E-state index in [1.807, 2.05) is 19.9 Å². The predicted molar refractivity (Wildman–Crippen MR) is 42.7 cm³/mol. The molecular formula is C9H13FO. The minimum Gasteiger partial charge on any atom is -0.491 e. The van der Waals surface area contributed by atoms with Crippen molar-refractivity contribution in [2.75, 3.05) is 6.61 Å². The number of hydrogen-bond acceptors (Lipinski definition) is 1. The molecule has 1 nitrogen and oxygen atoms in total. The Kier molecular flexibility index (Phi) is 2.69. The highest BCUT2D eigenvalue weighted by molar-refractivity contribution is 5.24. The van der Waals surface area contributed by atoms with Crippen molar-refractivity contribution in [3.63, 3.8) is 0 Å². The van der Waals surface area contributed by atoms with Crippen molar-refractivity contribution in [2.45, 2.75) is 20.3 Å². The maximum atomic E-state index is 13.0. The lowest BCUT2D eigenvalue weighted by molar-refractivity contribution is 0.220. The molecule has 0 amide bonds. The summed E-state index contributed by atoms with van der Waals surface area (Å²) in [5, 5.41) is 0. The molecule has 0 saturated heterocycles. The first-order valence-corrected chi connectivity index (χ1v) is 3.94. The molecule has 0 bridgehead atoms. The van der Waals surface area contributed by atoms with Crippen molar-refractivity contribution in [1.82, 2.24) is 0 Å². The third kappa shape index (κ3) is 2.07. The van der Waals surface area contributed by atoms with Gasteiger partial charge >= 0.3 is 0 Å². The van der Waals surface area contributed by atoms with Crippen LogP contribution in [0, 0.1) is 5.92 Å². The Morgan fingerprint density at radius 2 is 2.45 bits per heavy atom. The van der Waals surface area contributed by atoms with Crippen molar-refractivity contribution in [1.29, 1.82) is 0 Å². The molecular weight excluding hydrogens is 143 g/mol. The van der Waals surface area contributed by atoms with E-state index < -0.39 is 0 Å². The smallest absolute Gasteiger partial charge is 0.161 e. The molecule has 0 radical (unpaired) electrons. The van der Waals surface area contributed by atoms with E-state index in [2.05, 4.69) is 0 Å². The largest absolute Gasteiger partial charge is 0.491 e. The third-order valence-corrected chi connectivity index (χ3v) is 1.64. The normalized spacial score (nSPS) is 24.1. The molecule has 11 heavy (non-hydrogen) atoms. The Hall–Kier alpha value is -0.790. The van der Waals surface area contributed by atoms with Crippen LogP contribution in [0.5, 0.6) is 0 Å². The van der Waals surface area contributed by atoms with Gasteiger partial charge < -0.3 is 4.74 Å². The van der Waals surface area contributed by atoms with Crippen LogP contribution in [0.25, 0.3) is 0 Å². The van der Waals surface area contributed by atoms with Crippen LogP contribution in [0.4, 0.5) is 4.39 Å². The Morgan fingerprint density at radius 3 is 3.00 bits per heavy atom. The van der Waals surface area contributed by atoms with Crippen LogP contribution in [0.2, 0.25) is 0 Å². The minimum absolute atomic E-state index is 0.217. The molecule has 0 saturated carbocycles. The van der Waals surface area contributed by atoms with E-state index in [1.165, 1.54) is 0 Å². The standard InChI is InChI=1S/C9H13FO/c1-3-11-9-5-4-7(2)6-8(9)10/h5-7H,3-4H2,1-2H3. The van der Waals surface area contributed by atoms with E-state index in [0.29, 0.717) is 18.3 Å². The maximum Gasteiger partial charge on any atom is 0.161 e. The van der Waals surface area contributed by atoms with Crippen molar-refractivity contribution < 1.29 is 9.13 Å². The van der Waals surface area contributed by atoms with Gasteiger partial charge in [-0.15, -0.1) is 0 Å². The van der Waals surface area contributed by atoms with Gasteiger partial charge in [0, 0.05) is 0 Å². The summed E-state index contributed by atoms with van der Waals surface area (Å²) in [7, 11) is 0. The summed E-state index contributed by atoms with van der Waals surface area (Å²) >= 11 is 0. The zero-order chi connectivity index (χ0) is 8.27. The predicted octanol–water partition coefficient (Wildman–Crippen LogP) is 2.80.